The molecular weight excluding hydrogens is 400 g/mol. The summed E-state index contributed by atoms with van der Waals surface area (Å²) in [5.74, 6) is 0.279. The minimum absolute atomic E-state index is 0.00730. The van der Waals surface area contributed by atoms with Gasteiger partial charge in [-0.1, -0.05) is 6.07 Å². The number of aromatic nitrogens is 2. The molecule has 7 nitrogen and oxygen atoms in total. The second kappa shape index (κ2) is 8.86. The van der Waals surface area contributed by atoms with Crippen molar-refractivity contribution >= 4 is 28.7 Å². The second-order valence-electron chi connectivity index (χ2n) is 8.96. The van der Waals surface area contributed by atoms with Gasteiger partial charge in [-0.2, -0.15) is 8.75 Å². The first-order chi connectivity index (χ1) is 14.7. The topological polar surface area (TPSA) is 76.6 Å². The van der Waals surface area contributed by atoms with Crippen LogP contribution in [-0.2, 0) is 20.8 Å². The van der Waals surface area contributed by atoms with Crippen LogP contribution in [0.15, 0.2) is 18.2 Å². The highest BCUT2D eigenvalue weighted by molar-refractivity contribution is 7.00. The van der Waals surface area contributed by atoms with Crippen molar-refractivity contribution in [3.8, 4) is 0 Å². The average Bonchev–Trinajstić information content (AvgIpc) is 3.41. The maximum absolute atomic E-state index is 12.4. The number of fused-ring (bicyclic) bond motifs is 1. The van der Waals surface area contributed by atoms with Gasteiger partial charge >= 0.3 is 0 Å². The van der Waals surface area contributed by atoms with E-state index >= 15 is 0 Å². The molecule has 3 aliphatic heterocycles. The standard InChI is InChI=1S/C22H30N4O3S/c27-21(17-4-11-28-12-5-17)23-14-18-3-6-22(29-18)7-9-26(10-8-22)15-16-1-2-19-20(13-16)25-30-24-19/h1-2,13,17-18H,3-12,14-15H2,(H,23,27)/t18-/m0/s1. The molecule has 0 bridgehead atoms. The Morgan fingerprint density at radius 3 is 2.77 bits per heavy atom. The summed E-state index contributed by atoms with van der Waals surface area (Å²) in [7, 11) is 0. The first-order valence-corrected chi connectivity index (χ1v) is 11.9. The van der Waals surface area contributed by atoms with E-state index in [2.05, 4.69) is 37.2 Å². The molecule has 1 spiro atoms. The quantitative estimate of drug-likeness (QED) is 0.786. The summed E-state index contributed by atoms with van der Waals surface area (Å²) in [6, 6.07) is 6.39. The summed E-state index contributed by atoms with van der Waals surface area (Å²) in [5.41, 5.74) is 3.28. The second-order valence-corrected chi connectivity index (χ2v) is 9.49. The number of hydrogen-bond acceptors (Lipinski definition) is 7. The lowest BCUT2D eigenvalue weighted by molar-refractivity contribution is -0.129. The Bertz CT molecular complexity index is 874. The van der Waals surface area contributed by atoms with Gasteiger partial charge in [-0.3, -0.25) is 9.69 Å². The summed E-state index contributed by atoms with van der Waals surface area (Å²) in [6.45, 7) is 5.10. The highest BCUT2D eigenvalue weighted by atomic mass is 32.1. The fourth-order valence-corrected chi connectivity index (χ4v) is 5.55. The van der Waals surface area contributed by atoms with Crippen molar-refractivity contribution in [1.29, 1.82) is 0 Å². The van der Waals surface area contributed by atoms with Crippen LogP contribution in [0.3, 0.4) is 0 Å². The number of likely N-dealkylation sites (tertiary alicyclic amines) is 1. The van der Waals surface area contributed by atoms with Gasteiger partial charge in [0.1, 0.15) is 11.0 Å². The molecule has 3 aliphatic rings. The third kappa shape index (κ3) is 4.51. The van der Waals surface area contributed by atoms with E-state index in [0.717, 1.165) is 69.2 Å². The lowest BCUT2D eigenvalue weighted by Gasteiger charge is -2.39. The number of carbonyl (C=O) groups is 1. The zero-order chi connectivity index (χ0) is 20.4. The van der Waals surface area contributed by atoms with Gasteiger partial charge < -0.3 is 14.8 Å². The summed E-state index contributed by atoms with van der Waals surface area (Å²) < 4.78 is 20.5. The van der Waals surface area contributed by atoms with E-state index in [1.807, 2.05) is 0 Å². The molecule has 0 saturated carbocycles. The molecule has 1 N–H and O–H groups in total. The Morgan fingerprint density at radius 1 is 1.13 bits per heavy atom. The van der Waals surface area contributed by atoms with Crippen LogP contribution in [0.5, 0.6) is 0 Å². The van der Waals surface area contributed by atoms with Crippen molar-refractivity contribution in [2.45, 2.75) is 56.8 Å². The Kier molecular flexibility index (Phi) is 6.00. The van der Waals surface area contributed by atoms with Gasteiger partial charge in [0, 0.05) is 45.3 Å². The van der Waals surface area contributed by atoms with Crippen molar-refractivity contribution in [3.63, 3.8) is 0 Å². The first-order valence-electron chi connectivity index (χ1n) is 11.2. The molecule has 1 amide bonds. The number of ether oxygens (including phenoxy) is 2. The van der Waals surface area contributed by atoms with Crippen molar-refractivity contribution in [1.82, 2.24) is 19.0 Å². The fraction of sp³-hybridized carbons (Fsp3) is 0.682. The van der Waals surface area contributed by atoms with Crippen LogP contribution in [0.2, 0.25) is 0 Å². The van der Waals surface area contributed by atoms with Gasteiger partial charge in [0.15, 0.2) is 0 Å². The molecular formula is C22H30N4O3S. The van der Waals surface area contributed by atoms with E-state index in [1.54, 1.807) is 0 Å². The smallest absolute Gasteiger partial charge is 0.223 e. The Hall–Kier alpha value is -1.61. The molecule has 1 aromatic heterocycles. The van der Waals surface area contributed by atoms with E-state index < -0.39 is 0 Å². The summed E-state index contributed by atoms with van der Waals surface area (Å²) in [4.78, 5) is 14.9. The Balaban J connectivity index is 1.08. The Morgan fingerprint density at radius 2 is 1.93 bits per heavy atom. The minimum Gasteiger partial charge on any atom is -0.381 e. The molecule has 8 heteroatoms. The van der Waals surface area contributed by atoms with Gasteiger partial charge in [-0.05, 0) is 56.2 Å². The number of carbonyl (C=O) groups excluding carboxylic acids is 1. The molecule has 1 atom stereocenters. The number of benzene rings is 1. The van der Waals surface area contributed by atoms with Crippen molar-refractivity contribution in [2.24, 2.45) is 5.92 Å². The van der Waals surface area contributed by atoms with Crippen LogP contribution in [0.25, 0.3) is 11.0 Å². The SMILES string of the molecule is O=C(NC[C@@H]1CCC2(CCN(Cc3ccc4nsnc4c3)CC2)O1)C1CCOCC1. The molecule has 3 fully saturated rings. The summed E-state index contributed by atoms with van der Waals surface area (Å²) in [6.07, 6.45) is 6.11. The van der Waals surface area contributed by atoms with Crippen LogP contribution in [0, 0.1) is 5.92 Å². The molecule has 5 rings (SSSR count). The molecule has 1 aromatic carbocycles. The van der Waals surface area contributed by atoms with Gasteiger partial charge in [-0.15, -0.1) is 0 Å². The van der Waals surface area contributed by atoms with Gasteiger partial charge in [0.05, 0.1) is 23.4 Å². The maximum Gasteiger partial charge on any atom is 0.223 e. The first kappa shape index (κ1) is 20.3. The third-order valence-electron chi connectivity index (χ3n) is 6.93. The largest absolute Gasteiger partial charge is 0.381 e. The predicted octanol–water partition coefficient (Wildman–Crippen LogP) is 2.75. The van der Waals surface area contributed by atoms with Crippen molar-refractivity contribution in [2.75, 3.05) is 32.8 Å². The highest BCUT2D eigenvalue weighted by Crippen LogP contribution is 2.39. The monoisotopic (exact) mass is 430 g/mol. The van der Waals surface area contributed by atoms with E-state index in [0.29, 0.717) is 19.8 Å². The molecule has 30 heavy (non-hydrogen) atoms. The van der Waals surface area contributed by atoms with Crippen LogP contribution >= 0.6 is 11.7 Å². The molecule has 0 aliphatic carbocycles. The average molecular weight is 431 g/mol. The van der Waals surface area contributed by atoms with Crippen LogP contribution in [0.1, 0.15) is 44.1 Å². The zero-order valence-electron chi connectivity index (χ0n) is 17.3. The van der Waals surface area contributed by atoms with E-state index in [4.69, 9.17) is 9.47 Å². The maximum atomic E-state index is 12.4. The predicted molar refractivity (Wildman–Crippen MR) is 115 cm³/mol. The van der Waals surface area contributed by atoms with Crippen molar-refractivity contribution < 1.29 is 14.3 Å². The third-order valence-corrected chi connectivity index (χ3v) is 7.48. The number of nitrogens with one attached hydrogen (secondary N) is 1. The number of amides is 1. The lowest BCUT2D eigenvalue weighted by Crippen LogP contribution is -2.45. The molecule has 3 saturated heterocycles. The fourth-order valence-electron chi connectivity index (χ4n) is 5.03. The van der Waals surface area contributed by atoms with E-state index in [9.17, 15) is 4.79 Å². The lowest BCUT2D eigenvalue weighted by atomic mass is 9.88. The molecule has 4 heterocycles. The number of nitrogens with zero attached hydrogens (tertiary/aromatic N) is 3. The minimum atomic E-state index is 0.00730. The number of rotatable bonds is 5. The summed E-state index contributed by atoms with van der Waals surface area (Å²) >= 11 is 1.27. The number of piperidine rings is 1. The normalized spacial score (nSPS) is 25.1. The van der Waals surface area contributed by atoms with E-state index in [1.165, 1.54) is 17.3 Å². The molecule has 0 unspecified atom stereocenters. The van der Waals surface area contributed by atoms with Crippen LogP contribution in [0.4, 0.5) is 0 Å². The van der Waals surface area contributed by atoms with E-state index in [-0.39, 0.29) is 23.5 Å². The molecule has 2 aromatic rings. The van der Waals surface area contributed by atoms with Gasteiger partial charge in [0.25, 0.3) is 0 Å². The molecule has 162 valence electrons. The molecule has 0 radical (unpaired) electrons. The van der Waals surface area contributed by atoms with Gasteiger partial charge in [-0.25, -0.2) is 0 Å². The van der Waals surface area contributed by atoms with Gasteiger partial charge in [0.2, 0.25) is 5.91 Å². The highest BCUT2D eigenvalue weighted by Gasteiger charge is 2.42. The van der Waals surface area contributed by atoms with Crippen LogP contribution in [-0.4, -0.2) is 64.1 Å². The zero-order valence-corrected chi connectivity index (χ0v) is 18.2. The van der Waals surface area contributed by atoms with Crippen molar-refractivity contribution in [3.05, 3.63) is 23.8 Å². The van der Waals surface area contributed by atoms with Crippen LogP contribution < -0.4 is 5.32 Å². The Labute approximate surface area is 181 Å². The summed E-state index contributed by atoms with van der Waals surface area (Å²) in [5, 5.41) is 3.13. The number of hydrogen-bond donors (Lipinski definition) is 1.